The van der Waals surface area contributed by atoms with Gasteiger partial charge in [0.05, 0.1) is 41.2 Å². The summed E-state index contributed by atoms with van der Waals surface area (Å²) in [5.74, 6) is 1.49. The van der Waals surface area contributed by atoms with Gasteiger partial charge in [-0.3, -0.25) is 4.98 Å². The van der Waals surface area contributed by atoms with Gasteiger partial charge in [-0.1, -0.05) is 29.3 Å². The fourth-order valence-corrected chi connectivity index (χ4v) is 4.33. The molecule has 0 amide bonds. The average molecular weight is 486 g/mol. The van der Waals surface area contributed by atoms with Crippen molar-refractivity contribution in [3.8, 4) is 23.3 Å². The molecule has 2 aromatic heterocycles. The summed E-state index contributed by atoms with van der Waals surface area (Å²) in [5.41, 5.74) is 1.97. The summed E-state index contributed by atoms with van der Waals surface area (Å²) >= 11 is 14.2. The van der Waals surface area contributed by atoms with Crippen LogP contribution in [0, 0.1) is 11.3 Å². The normalized spacial score (nSPS) is 10.6. The Balaban J connectivity index is 1.79. The van der Waals surface area contributed by atoms with Crippen LogP contribution in [0.15, 0.2) is 48.0 Å². The van der Waals surface area contributed by atoms with Crippen LogP contribution in [0.4, 0.5) is 11.4 Å². The number of anilines is 2. The Bertz CT molecular complexity index is 1320. The molecule has 0 radical (unpaired) electrons. The molecule has 0 spiro atoms. The molecule has 9 heteroatoms. The molecule has 162 valence electrons. The van der Waals surface area contributed by atoms with Crippen LogP contribution in [0.2, 0.25) is 10.0 Å². The second-order valence-electron chi connectivity index (χ2n) is 6.61. The molecule has 0 fully saturated rings. The number of hydrogen-bond acceptors (Lipinski definition) is 7. The molecular weight excluding hydrogens is 469 g/mol. The van der Waals surface area contributed by atoms with Crippen LogP contribution in [0.5, 0.6) is 17.2 Å². The van der Waals surface area contributed by atoms with Crippen LogP contribution in [0.1, 0.15) is 10.4 Å². The molecule has 0 atom stereocenters. The number of benzene rings is 2. The maximum Gasteiger partial charge on any atom is 0.187 e. The number of ether oxygens (including phenoxy) is 3. The van der Waals surface area contributed by atoms with Gasteiger partial charge in [-0.2, -0.15) is 5.26 Å². The minimum atomic E-state index is 0.344. The molecule has 0 saturated heterocycles. The van der Waals surface area contributed by atoms with E-state index in [-0.39, 0.29) is 0 Å². The molecule has 2 heterocycles. The highest BCUT2D eigenvalue weighted by atomic mass is 35.5. The molecule has 0 aliphatic rings. The van der Waals surface area contributed by atoms with E-state index in [4.69, 9.17) is 37.4 Å². The van der Waals surface area contributed by atoms with Gasteiger partial charge in [-0.05, 0) is 29.6 Å². The van der Waals surface area contributed by atoms with E-state index in [0.717, 1.165) is 4.88 Å². The number of methoxy groups -OCH3 is 2. The van der Waals surface area contributed by atoms with E-state index in [9.17, 15) is 5.26 Å². The molecule has 4 aromatic rings. The van der Waals surface area contributed by atoms with Crippen LogP contribution in [-0.2, 0) is 6.61 Å². The van der Waals surface area contributed by atoms with Crippen molar-refractivity contribution in [3.05, 3.63) is 68.5 Å². The second kappa shape index (κ2) is 9.53. The zero-order valence-electron chi connectivity index (χ0n) is 17.1. The summed E-state index contributed by atoms with van der Waals surface area (Å²) in [5, 5.41) is 16.4. The number of nitriles is 1. The van der Waals surface area contributed by atoms with Crippen molar-refractivity contribution in [2.24, 2.45) is 0 Å². The van der Waals surface area contributed by atoms with Gasteiger partial charge in [0, 0.05) is 22.5 Å². The first-order valence-electron chi connectivity index (χ1n) is 9.40. The highest BCUT2D eigenvalue weighted by Crippen LogP contribution is 2.41. The van der Waals surface area contributed by atoms with Crippen molar-refractivity contribution < 1.29 is 14.2 Å². The molecule has 0 aliphatic heterocycles. The summed E-state index contributed by atoms with van der Waals surface area (Å²) in [6, 6.07) is 13.0. The quantitative estimate of drug-likeness (QED) is 0.309. The van der Waals surface area contributed by atoms with E-state index in [1.54, 1.807) is 36.6 Å². The number of thiophene rings is 1. The van der Waals surface area contributed by atoms with E-state index in [1.807, 2.05) is 23.6 Å². The molecule has 32 heavy (non-hydrogen) atoms. The van der Waals surface area contributed by atoms with Crippen molar-refractivity contribution >= 4 is 56.8 Å². The Kier molecular flexibility index (Phi) is 6.56. The number of halogens is 2. The number of nitrogens with one attached hydrogen (secondary N) is 1. The summed E-state index contributed by atoms with van der Waals surface area (Å²) < 4.78 is 16.9. The van der Waals surface area contributed by atoms with E-state index < -0.39 is 0 Å². The molecule has 0 aliphatic carbocycles. The Labute approximate surface area is 198 Å². The Morgan fingerprint density at radius 3 is 2.62 bits per heavy atom. The SMILES string of the molecule is COc1cc(Nc2c(C#N)cnc3c(OC)c(OCc4cccs4)ccc23)c(Cl)cc1Cl. The highest BCUT2D eigenvalue weighted by Gasteiger charge is 2.18. The highest BCUT2D eigenvalue weighted by molar-refractivity contribution is 7.09. The minimum Gasteiger partial charge on any atom is -0.495 e. The zero-order valence-corrected chi connectivity index (χ0v) is 19.4. The van der Waals surface area contributed by atoms with Crippen molar-refractivity contribution in [1.82, 2.24) is 4.98 Å². The number of rotatable bonds is 7. The third-order valence-electron chi connectivity index (χ3n) is 4.73. The number of aromatic nitrogens is 1. The van der Waals surface area contributed by atoms with E-state index in [2.05, 4.69) is 16.4 Å². The third-order valence-corrected chi connectivity index (χ3v) is 6.19. The van der Waals surface area contributed by atoms with E-state index in [1.165, 1.54) is 13.3 Å². The molecule has 0 unspecified atom stereocenters. The van der Waals surface area contributed by atoms with Gasteiger partial charge in [0.2, 0.25) is 0 Å². The lowest BCUT2D eigenvalue weighted by molar-refractivity contribution is 0.289. The maximum absolute atomic E-state index is 9.68. The molecule has 4 rings (SSSR count). The van der Waals surface area contributed by atoms with E-state index >= 15 is 0 Å². The number of pyridine rings is 1. The van der Waals surface area contributed by atoms with Crippen LogP contribution in [0.3, 0.4) is 0 Å². The molecule has 0 saturated carbocycles. The van der Waals surface area contributed by atoms with Gasteiger partial charge < -0.3 is 19.5 Å². The van der Waals surface area contributed by atoms with Gasteiger partial charge in [0.15, 0.2) is 11.5 Å². The minimum absolute atomic E-state index is 0.344. The number of hydrogen-bond donors (Lipinski definition) is 1. The van der Waals surface area contributed by atoms with Crippen LogP contribution in [0.25, 0.3) is 10.9 Å². The fraction of sp³-hybridized carbons (Fsp3) is 0.130. The van der Waals surface area contributed by atoms with Crippen molar-refractivity contribution in [1.29, 1.82) is 5.26 Å². The predicted molar refractivity (Wildman–Crippen MR) is 128 cm³/mol. The Hall–Kier alpha value is -3.18. The third kappa shape index (κ3) is 4.26. The van der Waals surface area contributed by atoms with Gasteiger partial charge in [0.25, 0.3) is 0 Å². The Morgan fingerprint density at radius 1 is 1.09 bits per heavy atom. The van der Waals surface area contributed by atoms with Gasteiger partial charge >= 0.3 is 0 Å². The van der Waals surface area contributed by atoms with E-state index in [0.29, 0.717) is 61.7 Å². The summed E-state index contributed by atoms with van der Waals surface area (Å²) in [4.78, 5) is 5.55. The number of nitrogens with zero attached hydrogens (tertiary/aromatic N) is 2. The van der Waals surface area contributed by atoms with Crippen LogP contribution in [-0.4, -0.2) is 19.2 Å². The lowest BCUT2D eigenvalue weighted by atomic mass is 10.1. The second-order valence-corrected chi connectivity index (χ2v) is 8.46. The summed E-state index contributed by atoms with van der Waals surface area (Å²) in [7, 11) is 3.07. The monoisotopic (exact) mass is 485 g/mol. The van der Waals surface area contributed by atoms with Gasteiger partial charge in [0.1, 0.15) is 23.9 Å². The number of fused-ring (bicyclic) bond motifs is 1. The smallest absolute Gasteiger partial charge is 0.187 e. The standard InChI is InChI=1S/C23H17Cl2N3O3S/c1-29-20-9-18(16(24)8-17(20)25)28-21-13(10-26)11-27-22-15(21)5-6-19(23(22)30-2)31-12-14-4-3-7-32-14/h3-9,11H,12H2,1-2H3,(H,27,28). The first-order chi connectivity index (χ1) is 15.5. The lowest BCUT2D eigenvalue weighted by Crippen LogP contribution is -2.01. The average Bonchev–Trinajstić information content (AvgIpc) is 3.32. The van der Waals surface area contributed by atoms with Gasteiger partial charge in [-0.25, -0.2) is 0 Å². The lowest BCUT2D eigenvalue weighted by Gasteiger charge is -2.17. The first kappa shape index (κ1) is 22.0. The Morgan fingerprint density at radius 2 is 1.94 bits per heavy atom. The molecule has 0 bridgehead atoms. The molecule has 2 aromatic carbocycles. The van der Waals surface area contributed by atoms with Crippen molar-refractivity contribution in [3.63, 3.8) is 0 Å². The fourth-order valence-electron chi connectivity index (χ4n) is 3.21. The molecule has 1 N–H and O–H groups in total. The predicted octanol–water partition coefficient (Wildman–Crippen LogP) is 6.81. The first-order valence-corrected chi connectivity index (χ1v) is 11.0. The zero-order chi connectivity index (χ0) is 22.7. The maximum atomic E-state index is 9.68. The topological polar surface area (TPSA) is 76.4 Å². The molecule has 6 nitrogen and oxygen atoms in total. The summed E-state index contributed by atoms with van der Waals surface area (Å²) in [6.07, 6.45) is 1.48. The van der Waals surface area contributed by atoms with Gasteiger partial charge in [-0.15, -0.1) is 11.3 Å². The van der Waals surface area contributed by atoms with Crippen molar-refractivity contribution in [2.75, 3.05) is 19.5 Å². The molecular formula is C23H17Cl2N3O3S. The van der Waals surface area contributed by atoms with Crippen LogP contribution >= 0.6 is 34.5 Å². The van der Waals surface area contributed by atoms with Crippen LogP contribution < -0.4 is 19.5 Å². The largest absolute Gasteiger partial charge is 0.495 e. The van der Waals surface area contributed by atoms with Crippen molar-refractivity contribution in [2.45, 2.75) is 6.61 Å². The summed E-state index contributed by atoms with van der Waals surface area (Å²) in [6.45, 7) is 0.418.